The van der Waals surface area contributed by atoms with E-state index in [9.17, 15) is 32.3 Å². The Bertz CT molecular complexity index is 1580. The van der Waals surface area contributed by atoms with Gasteiger partial charge in [0.1, 0.15) is 17.3 Å². The van der Waals surface area contributed by atoms with Gasteiger partial charge in [-0.2, -0.15) is 13.2 Å². The number of hydrogen-bond donors (Lipinski definition) is 2. The number of aromatic carboxylic acids is 1. The zero-order valence-electron chi connectivity index (χ0n) is 19.1. The van der Waals surface area contributed by atoms with Gasteiger partial charge in [0.15, 0.2) is 11.2 Å². The summed E-state index contributed by atoms with van der Waals surface area (Å²) in [7, 11) is 1.32. The van der Waals surface area contributed by atoms with E-state index in [-0.39, 0.29) is 33.2 Å². The molecule has 0 aliphatic rings. The average Bonchev–Trinajstić information content (AvgIpc) is 3.10. The Hall–Kier alpha value is -3.83. The SMILES string of the molecule is CC(c1ccc(Oc2ccc(C(=O)O)c(F)c2)cc1Cl)C(O)(c1ccc2oc(=O)n(C)c2c1)C(F)(F)F. The second-order valence-electron chi connectivity index (χ2n) is 8.33. The third kappa shape index (κ3) is 4.56. The molecule has 1 heterocycles. The number of ether oxygens (including phenoxy) is 1. The summed E-state index contributed by atoms with van der Waals surface area (Å²) in [6.07, 6.45) is -5.15. The van der Waals surface area contributed by atoms with Crippen LogP contribution in [0.1, 0.15) is 34.3 Å². The van der Waals surface area contributed by atoms with Gasteiger partial charge >= 0.3 is 17.9 Å². The van der Waals surface area contributed by atoms with Crippen molar-refractivity contribution in [1.82, 2.24) is 4.57 Å². The lowest BCUT2D eigenvalue weighted by molar-refractivity contribution is -0.274. The van der Waals surface area contributed by atoms with Crippen molar-refractivity contribution in [2.75, 3.05) is 0 Å². The highest BCUT2D eigenvalue weighted by Crippen LogP contribution is 2.50. The Labute approximate surface area is 211 Å². The summed E-state index contributed by atoms with van der Waals surface area (Å²) in [5.41, 5.74) is -4.44. The van der Waals surface area contributed by atoms with Crippen LogP contribution < -0.4 is 10.5 Å². The van der Waals surface area contributed by atoms with Crippen LogP contribution >= 0.6 is 11.6 Å². The van der Waals surface area contributed by atoms with Crippen molar-refractivity contribution < 1.29 is 41.7 Å². The third-order valence-corrected chi connectivity index (χ3v) is 6.46. The molecule has 1 aromatic heterocycles. The number of halogens is 5. The molecule has 0 bridgehead atoms. The number of fused-ring (bicyclic) bond motifs is 1. The number of carboxylic acid groups (broad SMARTS) is 1. The molecule has 7 nitrogen and oxygen atoms in total. The van der Waals surface area contributed by atoms with E-state index in [0.29, 0.717) is 0 Å². The highest BCUT2D eigenvalue weighted by Gasteiger charge is 2.59. The first-order valence-electron chi connectivity index (χ1n) is 10.6. The van der Waals surface area contributed by atoms with E-state index in [1.807, 2.05) is 0 Å². The fourth-order valence-corrected chi connectivity index (χ4v) is 4.37. The summed E-state index contributed by atoms with van der Waals surface area (Å²) in [6.45, 7) is 1.15. The van der Waals surface area contributed by atoms with Crippen LogP contribution in [0.4, 0.5) is 17.6 Å². The zero-order chi connectivity index (χ0) is 27.3. The molecule has 4 aromatic rings. The minimum absolute atomic E-state index is 0.0359. The number of rotatable bonds is 6. The highest BCUT2D eigenvalue weighted by molar-refractivity contribution is 6.31. The zero-order valence-corrected chi connectivity index (χ0v) is 19.9. The van der Waals surface area contributed by atoms with E-state index in [1.165, 1.54) is 37.4 Å². The van der Waals surface area contributed by atoms with Gasteiger partial charge in [0, 0.05) is 24.1 Å². The molecule has 4 rings (SSSR count). The molecular formula is C25H18ClF4NO6. The summed E-state index contributed by atoms with van der Waals surface area (Å²) < 4.78 is 68.5. The smallest absolute Gasteiger partial charge is 0.422 e. The van der Waals surface area contributed by atoms with Crippen molar-refractivity contribution in [2.45, 2.75) is 24.6 Å². The molecular weight excluding hydrogens is 522 g/mol. The Morgan fingerprint density at radius 1 is 1.08 bits per heavy atom. The van der Waals surface area contributed by atoms with Crippen molar-refractivity contribution in [3.05, 3.63) is 92.7 Å². The van der Waals surface area contributed by atoms with Gasteiger partial charge in [-0.25, -0.2) is 14.0 Å². The van der Waals surface area contributed by atoms with Crippen molar-refractivity contribution in [3.8, 4) is 11.5 Å². The van der Waals surface area contributed by atoms with Crippen LogP contribution in [-0.4, -0.2) is 26.9 Å². The number of aliphatic hydroxyl groups is 1. The first-order chi connectivity index (χ1) is 17.2. The average molecular weight is 540 g/mol. The Morgan fingerprint density at radius 2 is 1.73 bits per heavy atom. The van der Waals surface area contributed by atoms with Gasteiger partial charge in [0.25, 0.3) is 0 Å². The van der Waals surface area contributed by atoms with E-state index in [0.717, 1.165) is 35.8 Å². The normalized spacial score (nSPS) is 14.4. The number of carbonyl (C=O) groups is 1. The largest absolute Gasteiger partial charge is 0.478 e. The monoisotopic (exact) mass is 539 g/mol. The molecule has 3 aromatic carbocycles. The summed E-state index contributed by atoms with van der Waals surface area (Å²) >= 11 is 6.29. The van der Waals surface area contributed by atoms with Crippen molar-refractivity contribution in [3.63, 3.8) is 0 Å². The van der Waals surface area contributed by atoms with Gasteiger partial charge in [-0.1, -0.05) is 30.7 Å². The molecule has 0 saturated heterocycles. The van der Waals surface area contributed by atoms with Crippen molar-refractivity contribution in [1.29, 1.82) is 0 Å². The van der Waals surface area contributed by atoms with Crippen molar-refractivity contribution in [2.24, 2.45) is 7.05 Å². The van der Waals surface area contributed by atoms with Crippen molar-refractivity contribution >= 4 is 28.7 Å². The molecule has 0 aliphatic heterocycles. The third-order valence-electron chi connectivity index (χ3n) is 6.14. The summed E-state index contributed by atoms with van der Waals surface area (Å²) in [4.78, 5) is 22.7. The molecule has 12 heteroatoms. The predicted molar refractivity (Wildman–Crippen MR) is 125 cm³/mol. The molecule has 2 unspecified atom stereocenters. The standard InChI is InChI=1S/C25H18ClF4NO6/c1-12(24(35,25(28,29)30)13-3-8-21-20(9-13)31(2)23(34)37-21)16-6-4-14(10-18(16)26)36-15-5-7-17(22(32)33)19(27)11-15/h3-12,35H,1-2H3,(H,32,33). The lowest BCUT2D eigenvalue weighted by Crippen LogP contribution is -2.46. The van der Waals surface area contributed by atoms with Gasteiger partial charge in [0.05, 0.1) is 11.1 Å². The molecule has 0 aliphatic carbocycles. The van der Waals surface area contributed by atoms with Crippen LogP contribution in [0.5, 0.6) is 11.5 Å². The molecule has 0 radical (unpaired) electrons. The van der Waals surface area contributed by atoms with E-state index in [4.69, 9.17) is 25.9 Å². The topological polar surface area (TPSA) is 102 Å². The maximum Gasteiger partial charge on any atom is 0.422 e. The van der Waals surface area contributed by atoms with Gasteiger partial charge in [0.2, 0.25) is 0 Å². The predicted octanol–water partition coefficient (Wildman–Crippen LogP) is 5.97. The van der Waals surface area contributed by atoms with Crippen LogP contribution in [0.25, 0.3) is 11.1 Å². The molecule has 2 N–H and O–H groups in total. The van der Waals surface area contributed by atoms with Crippen LogP contribution in [0.2, 0.25) is 5.02 Å². The number of hydrogen-bond acceptors (Lipinski definition) is 5. The number of oxazole rings is 1. The minimum atomic E-state index is -5.15. The van der Waals surface area contributed by atoms with Gasteiger partial charge in [-0.3, -0.25) is 4.57 Å². The van der Waals surface area contributed by atoms with Crippen LogP contribution in [0.3, 0.4) is 0 Å². The molecule has 194 valence electrons. The fourth-order valence-electron chi connectivity index (χ4n) is 4.04. The molecule has 2 atom stereocenters. The lowest BCUT2D eigenvalue weighted by atomic mass is 9.77. The summed E-state index contributed by atoms with van der Waals surface area (Å²) in [5, 5.41) is 19.9. The number of aromatic nitrogens is 1. The van der Waals surface area contributed by atoms with E-state index in [2.05, 4.69) is 0 Å². The lowest BCUT2D eigenvalue weighted by Gasteiger charge is -2.37. The number of nitrogens with zero attached hydrogens (tertiary/aromatic N) is 1. The van der Waals surface area contributed by atoms with E-state index < -0.39 is 46.4 Å². The molecule has 0 amide bonds. The number of benzene rings is 3. The Kier molecular flexibility index (Phi) is 6.55. The van der Waals surface area contributed by atoms with E-state index >= 15 is 0 Å². The number of carboxylic acids is 1. The highest BCUT2D eigenvalue weighted by atomic mass is 35.5. The Balaban J connectivity index is 1.71. The second-order valence-corrected chi connectivity index (χ2v) is 8.73. The maximum absolute atomic E-state index is 14.4. The summed E-state index contributed by atoms with van der Waals surface area (Å²) in [6, 6.07) is 9.98. The number of alkyl halides is 3. The van der Waals surface area contributed by atoms with Gasteiger partial charge in [-0.05, 0) is 47.5 Å². The first-order valence-corrected chi connectivity index (χ1v) is 11.0. The van der Waals surface area contributed by atoms with Crippen LogP contribution in [-0.2, 0) is 12.6 Å². The van der Waals surface area contributed by atoms with Gasteiger partial charge < -0.3 is 19.4 Å². The number of aryl methyl sites for hydroxylation is 1. The Morgan fingerprint density at radius 3 is 2.32 bits per heavy atom. The fraction of sp³-hybridized carbons (Fsp3) is 0.200. The minimum Gasteiger partial charge on any atom is -0.478 e. The van der Waals surface area contributed by atoms with Crippen LogP contribution in [0, 0.1) is 5.82 Å². The van der Waals surface area contributed by atoms with Crippen LogP contribution in [0.15, 0.2) is 63.8 Å². The molecule has 0 saturated carbocycles. The van der Waals surface area contributed by atoms with Gasteiger partial charge in [-0.15, -0.1) is 0 Å². The maximum atomic E-state index is 14.4. The van der Waals surface area contributed by atoms with E-state index in [1.54, 1.807) is 0 Å². The first kappa shape index (κ1) is 26.2. The molecule has 0 spiro atoms. The molecule has 0 fully saturated rings. The quantitative estimate of drug-likeness (QED) is 0.293. The summed E-state index contributed by atoms with van der Waals surface area (Å²) in [5.74, 6) is -4.92. The molecule has 37 heavy (non-hydrogen) atoms. The second kappa shape index (κ2) is 9.24.